The maximum atomic E-state index is 15.8. The fraction of sp³-hybridized carbons (Fsp3) is 0.222. The molecule has 13 nitrogen and oxygen atoms in total. The number of rotatable bonds is 12. The van der Waals surface area contributed by atoms with E-state index in [4.69, 9.17) is 36.3 Å². The van der Waals surface area contributed by atoms with Crippen LogP contribution in [0.5, 0.6) is 11.5 Å². The van der Waals surface area contributed by atoms with Gasteiger partial charge in [0, 0.05) is 36.1 Å². The summed E-state index contributed by atoms with van der Waals surface area (Å²) >= 11 is 0. The van der Waals surface area contributed by atoms with E-state index in [1.54, 1.807) is 43.4 Å². The maximum Gasteiger partial charge on any atom is 0.490 e. The van der Waals surface area contributed by atoms with Gasteiger partial charge in [-0.1, -0.05) is 0 Å². The lowest BCUT2D eigenvalue weighted by Gasteiger charge is -2.25. The van der Waals surface area contributed by atoms with Gasteiger partial charge in [-0.15, -0.1) is 0 Å². The number of nitrogen functional groups attached to an aromatic ring is 2. The number of halogens is 5. The Bertz CT molecular complexity index is 1510. The van der Waals surface area contributed by atoms with Gasteiger partial charge in [0.05, 0.1) is 12.8 Å². The Labute approximate surface area is 253 Å². The van der Waals surface area contributed by atoms with E-state index in [1.165, 1.54) is 30.4 Å². The van der Waals surface area contributed by atoms with Crippen molar-refractivity contribution >= 4 is 41.2 Å². The molecule has 1 aromatic heterocycles. The summed E-state index contributed by atoms with van der Waals surface area (Å²) in [5, 5.41) is 26.1. The van der Waals surface area contributed by atoms with Crippen LogP contribution in [0.25, 0.3) is 0 Å². The summed E-state index contributed by atoms with van der Waals surface area (Å²) in [7, 11) is 2.94. The van der Waals surface area contributed by atoms with Crippen LogP contribution >= 0.6 is 0 Å². The molecule has 0 radical (unpaired) electrons. The summed E-state index contributed by atoms with van der Waals surface area (Å²) in [6, 6.07) is 11.3. The van der Waals surface area contributed by atoms with Crippen LogP contribution in [0.15, 0.2) is 59.8 Å². The zero-order chi connectivity index (χ0) is 33.7. The number of anilines is 3. The molecule has 242 valence electrons. The summed E-state index contributed by atoms with van der Waals surface area (Å²) in [5.41, 5.74) is 12.8. The molecule has 3 aromatic rings. The van der Waals surface area contributed by atoms with E-state index in [0.717, 1.165) is 0 Å². The van der Waals surface area contributed by atoms with Crippen LogP contribution in [-0.4, -0.2) is 67.8 Å². The van der Waals surface area contributed by atoms with Crippen LogP contribution in [-0.2, 0) is 9.59 Å². The molecule has 0 spiro atoms. The lowest BCUT2D eigenvalue weighted by atomic mass is 10.0. The van der Waals surface area contributed by atoms with E-state index in [9.17, 15) is 22.4 Å². The molecule has 45 heavy (non-hydrogen) atoms. The lowest BCUT2D eigenvalue weighted by molar-refractivity contribution is -0.192. The fourth-order valence-corrected chi connectivity index (χ4v) is 3.50. The molecule has 0 fully saturated rings. The lowest BCUT2D eigenvalue weighted by Crippen LogP contribution is -2.36. The van der Waals surface area contributed by atoms with E-state index in [-0.39, 0.29) is 35.3 Å². The molecule has 0 aliphatic carbocycles. The summed E-state index contributed by atoms with van der Waals surface area (Å²) in [6.07, 6.45) is -3.17. The highest BCUT2D eigenvalue weighted by Gasteiger charge is 2.38. The van der Waals surface area contributed by atoms with E-state index < -0.39 is 30.7 Å². The van der Waals surface area contributed by atoms with Crippen molar-refractivity contribution in [1.29, 1.82) is 5.41 Å². The van der Waals surface area contributed by atoms with Crippen LogP contribution in [0.3, 0.4) is 0 Å². The van der Waals surface area contributed by atoms with Crippen molar-refractivity contribution < 1.29 is 46.1 Å². The first-order chi connectivity index (χ1) is 21.2. The number of carbonyl (C=O) groups excluding carboxylic acids is 1. The van der Waals surface area contributed by atoms with Crippen molar-refractivity contribution in [3.05, 3.63) is 71.7 Å². The smallest absolute Gasteiger partial charge is 0.490 e. The third kappa shape index (κ3) is 10.2. The van der Waals surface area contributed by atoms with Crippen molar-refractivity contribution in [2.75, 3.05) is 43.5 Å². The number of hydrazone groups is 1. The van der Waals surface area contributed by atoms with Crippen LogP contribution in [0.4, 0.5) is 39.1 Å². The van der Waals surface area contributed by atoms with Crippen molar-refractivity contribution in [1.82, 2.24) is 10.3 Å². The number of nitrogens with one attached hydrogen (secondary N) is 3. The highest BCUT2D eigenvalue weighted by Crippen LogP contribution is 2.34. The van der Waals surface area contributed by atoms with Crippen molar-refractivity contribution in [2.45, 2.75) is 12.2 Å². The van der Waals surface area contributed by atoms with Gasteiger partial charge in [0.1, 0.15) is 30.9 Å². The minimum absolute atomic E-state index is 0.0238. The number of pyridine rings is 1. The Morgan fingerprint density at radius 3 is 2.40 bits per heavy atom. The Balaban J connectivity index is 0.000000900. The van der Waals surface area contributed by atoms with Crippen molar-refractivity contribution in [2.24, 2.45) is 10.8 Å². The zero-order valence-electron chi connectivity index (χ0n) is 23.7. The molecule has 0 saturated heterocycles. The van der Waals surface area contributed by atoms with Gasteiger partial charge in [-0.2, -0.15) is 18.3 Å². The topological polar surface area (TPSA) is 201 Å². The molecule has 0 saturated carbocycles. The number of nitrogens with zero attached hydrogens (tertiary/aromatic N) is 3. The van der Waals surface area contributed by atoms with Crippen LogP contribution in [0.1, 0.15) is 17.2 Å². The Morgan fingerprint density at radius 1 is 1.24 bits per heavy atom. The molecule has 1 heterocycles. The second-order valence-corrected chi connectivity index (χ2v) is 8.62. The molecule has 1 unspecified atom stereocenters. The highest BCUT2D eigenvalue weighted by molar-refractivity contribution is 5.98. The number of ether oxygens (including phenoxy) is 2. The van der Waals surface area contributed by atoms with Gasteiger partial charge < -0.3 is 36.7 Å². The fourth-order valence-electron chi connectivity index (χ4n) is 3.50. The standard InChI is InChI=1S/C25H28F2N8O3.C2HF3O2/c1-35(25-19(28)4-3-10-31-25)34-24(32-14-36)22(33-16-7-5-15(6-8-16)23(29)30)18-12-17(37-2)13-20(21(18)27)38-11-9-26;3-2(4,5)1(6)7/h3-8,10,12-14,22,33H,9,11,28H2,1-2H3,(H3,29,30)(H,32,34,36);(H,6,7). The third-order valence-electron chi connectivity index (χ3n) is 5.53. The van der Waals surface area contributed by atoms with Gasteiger partial charge >= 0.3 is 12.1 Å². The summed E-state index contributed by atoms with van der Waals surface area (Å²) in [6.45, 7) is -1.20. The SMILES string of the molecule is COc1cc(OCCF)c(F)c(C(Nc2ccc(C(=N)N)cc2)/C(=N/N(C)c2ncccc2N)NC=O)c1.O=C(O)C(F)(F)F. The zero-order valence-corrected chi connectivity index (χ0v) is 23.7. The highest BCUT2D eigenvalue weighted by atomic mass is 19.4. The number of aliphatic carboxylic acids is 1. The molecule has 8 N–H and O–H groups in total. The van der Waals surface area contributed by atoms with Gasteiger partial charge in [0.2, 0.25) is 6.41 Å². The van der Waals surface area contributed by atoms with Gasteiger partial charge in [-0.25, -0.2) is 23.6 Å². The molecule has 0 aliphatic rings. The molecule has 1 atom stereocenters. The van der Waals surface area contributed by atoms with Gasteiger partial charge in [-0.3, -0.25) is 10.2 Å². The average Bonchev–Trinajstić information content (AvgIpc) is 2.99. The normalized spacial score (nSPS) is 11.8. The number of nitrogens with two attached hydrogens (primary N) is 2. The Kier molecular flexibility index (Phi) is 12.8. The predicted octanol–water partition coefficient (Wildman–Crippen LogP) is 3.43. The molecule has 0 bridgehead atoms. The monoisotopic (exact) mass is 640 g/mol. The number of hydrogen-bond donors (Lipinski definition) is 6. The van der Waals surface area contributed by atoms with E-state index in [2.05, 4.69) is 20.7 Å². The summed E-state index contributed by atoms with van der Waals surface area (Å²) in [4.78, 5) is 24.7. The summed E-state index contributed by atoms with van der Waals surface area (Å²) in [5.74, 6) is -3.47. The first-order valence-electron chi connectivity index (χ1n) is 12.5. The molecule has 18 heteroatoms. The number of aromatic nitrogens is 1. The van der Waals surface area contributed by atoms with Gasteiger partial charge in [0.25, 0.3) is 0 Å². The van der Waals surface area contributed by atoms with Gasteiger partial charge in [-0.05, 0) is 42.5 Å². The molecular formula is C27H29F5N8O5. The quantitative estimate of drug-likeness (QED) is 0.0560. The predicted molar refractivity (Wildman–Crippen MR) is 156 cm³/mol. The van der Waals surface area contributed by atoms with E-state index in [0.29, 0.717) is 29.2 Å². The first-order valence-corrected chi connectivity index (χ1v) is 12.5. The minimum Gasteiger partial charge on any atom is -0.497 e. The second kappa shape index (κ2) is 16.2. The van der Waals surface area contributed by atoms with E-state index >= 15 is 4.39 Å². The minimum atomic E-state index is -5.08. The number of benzene rings is 2. The number of carboxylic acid groups (broad SMARTS) is 1. The number of carbonyl (C=O) groups is 2. The number of hydrogen-bond acceptors (Lipinski definition) is 10. The molecule has 0 aliphatic heterocycles. The van der Waals surface area contributed by atoms with Crippen LogP contribution < -0.4 is 36.6 Å². The van der Waals surface area contributed by atoms with Gasteiger partial charge in [0.15, 0.2) is 23.2 Å². The number of amidine groups is 2. The van der Waals surface area contributed by atoms with Crippen LogP contribution in [0, 0.1) is 11.2 Å². The number of methoxy groups -OCH3 is 1. The Hall–Kier alpha value is -5.68. The Morgan fingerprint density at radius 2 is 1.89 bits per heavy atom. The molecule has 2 aromatic carbocycles. The molecule has 3 rings (SSSR count). The number of amides is 1. The third-order valence-corrected chi connectivity index (χ3v) is 5.53. The second-order valence-electron chi connectivity index (χ2n) is 8.62. The molecular weight excluding hydrogens is 611 g/mol. The average molecular weight is 641 g/mol. The van der Waals surface area contributed by atoms with Crippen molar-refractivity contribution in [3.63, 3.8) is 0 Å². The van der Waals surface area contributed by atoms with Crippen molar-refractivity contribution in [3.8, 4) is 11.5 Å². The number of carboxylic acids is 1. The maximum absolute atomic E-state index is 15.8. The van der Waals surface area contributed by atoms with Crippen LogP contribution in [0.2, 0.25) is 0 Å². The first kappa shape index (κ1) is 35.5. The number of alkyl halides is 4. The van der Waals surface area contributed by atoms with E-state index in [1.807, 2.05) is 0 Å². The summed E-state index contributed by atoms with van der Waals surface area (Å²) < 4.78 is 70.8. The largest absolute Gasteiger partial charge is 0.497 e. The molecule has 1 amide bonds.